The zero-order chi connectivity index (χ0) is 13.7. The predicted molar refractivity (Wildman–Crippen MR) is 81.8 cm³/mol. The lowest BCUT2D eigenvalue weighted by Gasteiger charge is -2.29. The third-order valence-electron chi connectivity index (χ3n) is 4.32. The maximum absolute atomic E-state index is 6.14. The Balaban J connectivity index is 1.87. The minimum absolute atomic E-state index is 0.394. The second kappa shape index (κ2) is 6.78. The van der Waals surface area contributed by atoms with Crippen molar-refractivity contribution in [2.24, 2.45) is 17.6 Å². The lowest BCUT2D eigenvalue weighted by molar-refractivity contribution is 0.270. The second-order valence-corrected chi connectivity index (χ2v) is 5.82. The molecule has 1 fully saturated rings. The van der Waals surface area contributed by atoms with Crippen LogP contribution in [0.1, 0.15) is 50.2 Å². The molecule has 0 radical (unpaired) electrons. The van der Waals surface area contributed by atoms with Crippen LogP contribution in [0.4, 0.5) is 0 Å². The quantitative estimate of drug-likeness (QED) is 0.797. The molecular formula is C18H25N. The van der Waals surface area contributed by atoms with E-state index < -0.39 is 0 Å². The van der Waals surface area contributed by atoms with E-state index in [4.69, 9.17) is 5.73 Å². The molecule has 0 bridgehead atoms. The summed E-state index contributed by atoms with van der Waals surface area (Å²) in [6, 6.07) is 8.87. The number of hydrogen-bond acceptors (Lipinski definition) is 1. The molecular weight excluding hydrogens is 230 g/mol. The van der Waals surface area contributed by atoms with E-state index in [9.17, 15) is 0 Å². The Morgan fingerprint density at radius 1 is 1.16 bits per heavy atom. The minimum Gasteiger partial charge on any atom is -0.327 e. The van der Waals surface area contributed by atoms with Gasteiger partial charge in [-0.3, -0.25) is 0 Å². The van der Waals surface area contributed by atoms with Gasteiger partial charge < -0.3 is 5.73 Å². The van der Waals surface area contributed by atoms with Crippen LogP contribution in [0.15, 0.2) is 24.3 Å². The first-order valence-electron chi connectivity index (χ1n) is 7.53. The maximum Gasteiger partial charge on any atom is 0.0245 e. The van der Waals surface area contributed by atoms with Crippen LogP contribution in [0.5, 0.6) is 0 Å². The fourth-order valence-corrected chi connectivity index (χ4v) is 2.85. The van der Waals surface area contributed by atoms with Gasteiger partial charge in [0.25, 0.3) is 0 Å². The Bertz CT molecular complexity index is 441. The van der Waals surface area contributed by atoms with Gasteiger partial charge >= 0.3 is 0 Å². The SMILES string of the molecule is CCC(N)C1CCC(C#Cc2ccc(C)cc2)CC1. The highest BCUT2D eigenvalue weighted by molar-refractivity contribution is 5.36. The molecule has 0 heterocycles. The van der Waals surface area contributed by atoms with Gasteiger partial charge in [-0.05, 0) is 57.1 Å². The predicted octanol–water partition coefficient (Wildman–Crippen LogP) is 3.89. The van der Waals surface area contributed by atoms with Gasteiger partial charge in [0.05, 0.1) is 0 Å². The highest BCUT2D eigenvalue weighted by Gasteiger charge is 2.23. The first-order chi connectivity index (χ1) is 9.19. The van der Waals surface area contributed by atoms with Crippen LogP contribution in [-0.4, -0.2) is 6.04 Å². The van der Waals surface area contributed by atoms with Gasteiger partial charge in [-0.1, -0.05) is 36.5 Å². The molecule has 1 atom stereocenters. The Morgan fingerprint density at radius 2 is 1.79 bits per heavy atom. The van der Waals surface area contributed by atoms with Crippen molar-refractivity contribution in [3.8, 4) is 11.8 Å². The van der Waals surface area contributed by atoms with E-state index in [2.05, 4.69) is 50.0 Å². The summed E-state index contributed by atoms with van der Waals surface area (Å²) < 4.78 is 0. The number of aryl methyl sites for hydroxylation is 1. The molecule has 0 amide bonds. The van der Waals surface area contributed by atoms with Gasteiger partial charge in [0.15, 0.2) is 0 Å². The average Bonchev–Trinajstić information content (AvgIpc) is 2.46. The summed E-state index contributed by atoms with van der Waals surface area (Å²) in [5, 5.41) is 0. The van der Waals surface area contributed by atoms with Gasteiger partial charge in [-0.25, -0.2) is 0 Å². The van der Waals surface area contributed by atoms with Crippen molar-refractivity contribution < 1.29 is 0 Å². The van der Waals surface area contributed by atoms with E-state index in [0.29, 0.717) is 12.0 Å². The van der Waals surface area contributed by atoms with Crippen molar-refractivity contribution in [3.63, 3.8) is 0 Å². The number of nitrogens with two attached hydrogens (primary N) is 1. The molecule has 102 valence electrons. The normalized spacial score (nSPS) is 24.4. The first-order valence-corrected chi connectivity index (χ1v) is 7.53. The molecule has 0 saturated heterocycles. The van der Waals surface area contributed by atoms with Gasteiger partial charge in [-0.15, -0.1) is 0 Å². The topological polar surface area (TPSA) is 26.0 Å². The van der Waals surface area contributed by atoms with Crippen LogP contribution >= 0.6 is 0 Å². The molecule has 1 unspecified atom stereocenters. The van der Waals surface area contributed by atoms with Gasteiger partial charge in [0.2, 0.25) is 0 Å². The molecule has 1 nitrogen and oxygen atoms in total. The molecule has 2 N–H and O–H groups in total. The van der Waals surface area contributed by atoms with E-state index in [1.807, 2.05) is 0 Å². The first kappa shape index (κ1) is 14.2. The van der Waals surface area contributed by atoms with Crippen LogP contribution in [-0.2, 0) is 0 Å². The zero-order valence-electron chi connectivity index (χ0n) is 12.2. The molecule has 1 aromatic rings. The molecule has 0 aliphatic heterocycles. The summed E-state index contributed by atoms with van der Waals surface area (Å²) in [6.07, 6.45) is 6.04. The Kier molecular flexibility index (Phi) is 5.05. The van der Waals surface area contributed by atoms with Crippen molar-refractivity contribution >= 4 is 0 Å². The minimum atomic E-state index is 0.394. The fourth-order valence-electron chi connectivity index (χ4n) is 2.85. The summed E-state index contributed by atoms with van der Waals surface area (Å²) in [5.74, 6) is 8.06. The van der Waals surface area contributed by atoms with Crippen LogP contribution in [0.2, 0.25) is 0 Å². The van der Waals surface area contributed by atoms with Gasteiger partial charge in [0.1, 0.15) is 0 Å². The van der Waals surface area contributed by atoms with Crippen LogP contribution in [0.25, 0.3) is 0 Å². The summed E-state index contributed by atoms with van der Waals surface area (Å²) in [5.41, 5.74) is 8.56. The summed E-state index contributed by atoms with van der Waals surface area (Å²) in [7, 11) is 0. The fraction of sp³-hybridized carbons (Fsp3) is 0.556. The van der Waals surface area contributed by atoms with Crippen LogP contribution in [0.3, 0.4) is 0 Å². The van der Waals surface area contributed by atoms with E-state index in [1.165, 1.54) is 31.2 Å². The van der Waals surface area contributed by atoms with Crippen molar-refractivity contribution in [1.82, 2.24) is 0 Å². The molecule has 19 heavy (non-hydrogen) atoms. The Labute approximate surface area is 117 Å². The maximum atomic E-state index is 6.14. The third kappa shape index (κ3) is 4.11. The summed E-state index contributed by atoms with van der Waals surface area (Å²) in [6.45, 7) is 4.30. The van der Waals surface area contributed by atoms with E-state index in [-0.39, 0.29) is 0 Å². The van der Waals surface area contributed by atoms with E-state index in [1.54, 1.807) is 0 Å². The Morgan fingerprint density at radius 3 is 2.37 bits per heavy atom. The van der Waals surface area contributed by atoms with E-state index in [0.717, 1.165) is 17.9 Å². The molecule has 0 spiro atoms. The largest absolute Gasteiger partial charge is 0.327 e. The number of rotatable bonds is 2. The Hall–Kier alpha value is -1.26. The smallest absolute Gasteiger partial charge is 0.0245 e. The molecule has 0 aromatic heterocycles. The molecule has 1 heteroatoms. The van der Waals surface area contributed by atoms with Crippen molar-refractivity contribution in [2.75, 3.05) is 0 Å². The van der Waals surface area contributed by atoms with Gasteiger partial charge in [-0.2, -0.15) is 0 Å². The molecule has 1 aromatic carbocycles. The van der Waals surface area contributed by atoms with E-state index >= 15 is 0 Å². The molecule has 1 aliphatic carbocycles. The second-order valence-electron chi connectivity index (χ2n) is 5.82. The molecule has 2 rings (SSSR count). The van der Waals surface area contributed by atoms with Crippen molar-refractivity contribution in [2.45, 2.75) is 52.0 Å². The molecule has 1 saturated carbocycles. The standard InChI is InChI=1S/C18H25N/c1-3-18(19)17-12-10-16(11-13-17)9-8-15-6-4-14(2)5-7-15/h4-7,16-18H,3,10-13,19H2,1-2H3. The van der Waals surface area contributed by atoms with Crippen LogP contribution in [0, 0.1) is 30.6 Å². The monoisotopic (exact) mass is 255 g/mol. The van der Waals surface area contributed by atoms with Crippen molar-refractivity contribution in [3.05, 3.63) is 35.4 Å². The van der Waals surface area contributed by atoms with Gasteiger partial charge in [0, 0.05) is 17.5 Å². The third-order valence-corrected chi connectivity index (χ3v) is 4.32. The number of benzene rings is 1. The summed E-state index contributed by atoms with van der Waals surface area (Å²) in [4.78, 5) is 0. The van der Waals surface area contributed by atoms with Crippen LogP contribution < -0.4 is 5.73 Å². The highest BCUT2D eigenvalue weighted by Crippen LogP contribution is 2.30. The lowest BCUT2D eigenvalue weighted by atomic mass is 9.78. The molecule has 1 aliphatic rings. The van der Waals surface area contributed by atoms with Crippen molar-refractivity contribution in [1.29, 1.82) is 0 Å². The zero-order valence-corrected chi connectivity index (χ0v) is 12.2. The average molecular weight is 255 g/mol. The summed E-state index contributed by atoms with van der Waals surface area (Å²) >= 11 is 0. The number of hydrogen-bond donors (Lipinski definition) is 1. The highest BCUT2D eigenvalue weighted by atomic mass is 14.6. The lowest BCUT2D eigenvalue weighted by Crippen LogP contribution is -2.32.